The van der Waals surface area contributed by atoms with Crippen molar-refractivity contribution < 1.29 is 0 Å². The topological polar surface area (TPSA) is 49.8 Å². The van der Waals surface area contributed by atoms with E-state index in [9.17, 15) is 0 Å². The average molecular weight is 289 g/mol. The molecule has 0 aromatic heterocycles. The van der Waals surface area contributed by atoms with Crippen molar-refractivity contribution in [1.82, 2.24) is 0 Å². The molecule has 0 aliphatic heterocycles. The number of nitrogens with zero attached hydrogens (tertiary/aromatic N) is 1. The van der Waals surface area contributed by atoms with Gasteiger partial charge in [-0.2, -0.15) is 5.26 Å². The van der Waals surface area contributed by atoms with E-state index >= 15 is 0 Å². The summed E-state index contributed by atoms with van der Waals surface area (Å²) in [5.74, 6) is 0. The molecule has 0 fully saturated rings. The summed E-state index contributed by atoms with van der Waals surface area (Å²) in [7, 11) is 0. The first kappa shape index (κ1) is 14.0. The Hall–Kier alpha value is -1.47. The fraction of sp³-hybridized carbons (Fsp3) is 0.133. The van der Waals surface area contributed by atoms with Crippen molar-refractivity contribution in [1.29, 1.82) is 5.26 Å². The number of nitrogens with two attached hydrogens (primary N) is 1. The molecule has 1 atom stereocenters. The van der Waals surface area contributed by atoms with Crippen molar-refractivity contribution in [3.63, 3.8) is 0 Å². The number of halogens is 1. The molecule has 19 heavy (non-hydrogen) atoms. The van der Waals surface area contributed by atoms with Crippen LogP contribution < -0.4 is 5.73 Å². The molecule has 2 N–H and O–H groups in total. The molecule has 96 valence electrons. The minimum atomic E-state index is -0.249. The summed E-state index contributed by atoms with van der Waals surface area (Å²) in [4.78, 5) is 2.17. The lowest BCUT2D eigenvalue weighted by Crippen LogP contribution is -2.10. The van der Waals surface area contributed by atoms with Crippen LogP contribution in [0.15, 0.2) is 58.3 Å². The number of nitriles is 1. The van der Waals surface area contributed by atoms with E-state index in [1.807, 2.05) is 48.5 Å². The Morgan fingerprint density at radius 3 is 2.53 bits per heavy atom. The first-order valence-electron chi connectivity index (χ1n) is 5.85. The van der Waals surface area contributed by atoms with Crippen LogP contribution in [0.3, 0.4) is 0 Å². The molecule has 2 aromatic carbocycles. The number of hydrogen-bond acceptors (Lipinski definition) is 3. The summed E-state index contributed by atoms with van der Waals surface area (Å²) in [5.41, 5.74) is 7.03. The highest BCUT2D eigenvalue weighted by Gasteiger charge is 2.11. The van der Waals surface area contributed by atoms with Gasteiger partial charge in [-0.1, -0.05) is 41.6 Å². The highest BCUT2D eigenvalue weighted by atomic mass is 35.5. The molecule has 0 heterocycles. The minimum Gasteiger partial charge on any atom is -0.323 e. The summed E-state index contributed by atoms with van der Waals surface area (Å²) in [5, 5.41) is 9.48. The maximum Gasteiger partial charge on any atom is 0.0641 e. The highest BCUT2D eigenvalue weighted by molar-refractivity contribution is 7.99. The van der Waals surface area contributed by atoms with Gasteiger partial charge in [0.15, 0.2) is 0 Å². The van der Waals surface area contributed by atoms with Crippen molar-refractivity contribution in [2.24, 2.45) is 5.73 Å². The average Bonchev–Trinajstić information content (AvgIpc) is 2.42. The zero-order valence-electron chi connectivity index (χ0n) is 10.2. The van der Waals surface area contributed by atoms with Gasteiger partial charge in [0.2, 0.25) is 0 Å². The molecule has 0 spiro atoms. The first-order chi connectivity index (χ1) is 9.20. The van der Waals surface area contributed by atoms with Gasteiger partial charge in [-0.05, 0) is 35.9 Å². The lowest BCUT2D eigenvalue weighted by atomic mass is 10.1. The summed E-state index contributed by atoms with van der Waals surface area (Å²) in [6.07, 6.45) is 0.318. The lowest BCUT2D eigenvalue weighted by molar-refractivity contribution is 0.732. The van der Waals surface area contributed by atoms with Gasteiger partial charge in [0, 0.05) is 20.9 Å². The standard InChI is InChI=1S/C15H13ClN2S/c16-11-5-7-12(8-6-11)19-15-4-2-1-3-13(15)14(18)9-10-17/h1-8,14H,9,18H2/t14-/m0/s1. The molecule has 0 saturated carbocycles. The molecule has 0 bridgehead atoms. The van der Waals surface area contributed by atoms with E-state index in [1.165, 1.54) is 0 Å². The Morgan fingerprint density at radius 2 is 1.84 bits per heavy atom. The molecule has 2 aromatic rings. The van der Waals surface area contributed by atoms with Gasteiger partial charge in [0.25, 0.3) is 0 Å². The predicted molar refractivity (Wildman–Crippen MR) is 79.2 cm³/mol. The Labute approximate surface area is 122 Å². The van der Waals surface area contributed by atoms with Gasteiger partial charge < -0.3 is 5.73 Å². The Balaban J connectivity index is 2.25. The summed E-state index contributed by atoms with van der Waals surface area (Å²) < 4.78 is 0. The molecular weight excluding hydrogens is 276 g/mol. The van der Waals surface area contributed by atoms with Crippen LogP contribution in [-0.4, -0.2) is 0 Å². The molecule has 2 rings (SSSR count). The zero-order chi connectivity index (χ0) is 13.7. The molecule has 0 aliphatic carbocycles. The quantitative estimate of drug-likeness (QED) is 0.907. The smallest absolute Gasteiger partial charge is 0.0641 e. The summed E-state index contributed by atoms with van der Waals surface area (Å²) in [6, 6.07) is 17.4. The number of benzene rings is 2. The largest absolute Gasteiger partial charge is 0.323 e. The lowest BCUT2D eigenvalue weighted by Gasteiger charge is -2.13. The van der Waals surface area contributed by atoms with Crippen LogP contribution in [-0.2, 0) is 0 Å². The highest BCUT2D eigenvalue weighted by Crippen LogP contribution is 2.33. The molecule has 0 radical (unpaired) electrons. The van der Waals surface area contributed by atoms with Gasteiger partial charge in [0.1, 0.15) is 0 Å². The van der Waals surface area contributed by atoms with Gasteiger partial charge in [-0.15, -0.1) is 0 Å². The molecule has 2 nitrogen and oxygen atoms in total. The van der Waals surface area contributed by atoms with Crippen LogP contribution in [0.2, 0.25) is 5.02 Å². The Morgan fingerprint density at radius 1 is 1.16 bits per heavy atom. The van der Waals surface area contributed by atoms with E-state index in [-0.39, 0.29) is 6.04 Å². The monoisotopic (exact) mass is 288 g/mol. The Kier molecular flexibility index (Phi) is 4.86. The molecular formula is C15H13ClN2S. The van der Waals surface area contributed by atoms with Crippen LogP contribution in [0.25, 0.3) is 0 Å². The van der Waals surface area contributed by atoms with E-state index in [0.717, 1.165) is 20.4 Å². The van der Waals surface area contributed by atoms with Crippen LogP contribution in [0.1, 0.15) is 18.0 Å². The molecule has 0 saturated heterocycles. The third kappa shape index (κ3) is 3.74. The van der Waals surface area contributed by atoms with Crippen LogP contribution in [0.4, 0.5) is 0 Å². The molecule has 0 unspecified atom stereocenters. The molecule has 0 amide bonds. The molecule has 4 heteroatoms. The van der Waals surface area contributed by atoms with Crippen molar-refractivity contribution in [2.45, 2.75) is 22.3 Å². The van der Waals surface area contributed by atoms with Gasteiger partial charge in [0.05, 0.1) is 12.5 Å². The van der Waals surface area contributed by atoms with Crippen molar-refractivity contribution >= 4 is 23.4 Å². The van der Waals surface area contributed by atoms with E-state index in [2.05, 4.69) is 6.07 Å². The minimum absolute atomic E-state index is 0.249. The maximum atomic E-state index is 8.76. The van der Waals surface area contributed by atoms with Crippen molar-refractivity contribution in [3.05, 3.63) is 59.1 Å². The van der Waals surface area contributed by atoms with Crippen molar-refractivity contribution in [2.75, 3.05) is 0 Å². The number of hydrogen-bond donors (Lipinski definition) is 1. The number of rotatable bonds is 4. The first-order valence-corrected chi connectivity index (χ1v) is 7.05. The Bertz CT molecular complexity index is 590. The fourth-order valence-corrected chi connectivity index (χ4v) is 2.85. The summed E-state index contributed by atoms with van der Waals surface area (Å²) >= 11 is 7.50. The third-order valence-corrected chi connectivity index (χ3v) is 4.02. The summed E-state index contributed by atoms with van der Waals surface area (Å²) in [6.45, 7) is 0. The van der Waals surface area contributed by atoms with E-state index in [0.29, 0.717) is 6.42 Å². The van der Waals surface area contributed by atoms with E-state index in [1.54, 1.807) is 11.8 Å². The SMILES string of the molecule is N#CC[C@H](N)c1ccccc1Sc1ccc(Cl)cc1. The second-order valence-corrected chi connectivity index (χ2v) is 5.61. The van der Waals surface area contributed by atoms with Gasteiger partial charge in [-0.3, -0.25) is 0 Å². The van der Waals surface area contributed by atoms with E-state index in [4.69, 9.17) is 22.6 Å². The normalized spacial score (nSPS) is 11.8. The zero-order valence-corrected chi connectivity index (χ0v) is 11.8. The van der Waals surface area contributed by atoms with Gasteiger partial charge in [-0.25, -0.2) is 0 Å². The second-order valence-electron chi connectivity index (χ2n) is 4.06. The third-order valence-electron chi connectivity index (χ3n) is 2.67. The fourth-order valence-electron chi connectivity index (χ4n) is 1.72. The van der Waals surface area contributed by atoms with Crippen LogP contribution in [0, 0.1) is 11.3 Å². The maximum absolute atomic E-state index is 8.76. The second kappa shape index (κ2) is 6.63. The predicted octanol–water partition coefficient (Wildman–Crippen LogP) is 4.40. The van der Waals surface area contributed by atoms with Crippen LogP contribution in [0.5, 0.6) is 0 Å². The van der Waals surface area contributed by atoms with Crippen molar-refractivity contribution in [3.8, 4) is 6.07 Å². The molecule has 0 aliphatic rings. The van der Waals surface area contributed by atoms with E-state index < -0.39 is 0 Å². The van der Waals surface area contributed by atoms with Crippen LogP contribution >= 0.6 is 23.4 Å². The van der Waals surface area contributed by atoms with Gasteiger partial charge >= 0.3 is 0 Å².